The fourth-order valence-electron chi connectivity index (χ4n) is 5.29. The lowest BCUT2D eigenvalue weighted by atomic mass is 9.93. The fraction of sp³-hybridized carbons (Fsp3) is 0.696. The number of hydrogen-bond acceptors (Lipinski definition) is 6. The summed E-state index contributed by atoms with van der Waals surface area (Å²) < 4.78 is 33.9. The van der Waals surface area contributed by atoms with Crippen LogP contribution in [0, 0.1) is 10.1 Å². The van der Waals surface area contributed by atoms with E-state index in [4.69, 9.17) is 4.43 Å². The number of nitrogens with one attached hydrogen (secondary N) is 2. The zero-order chi connectivity index (χ0) is 25.7. The minimum Gasteiger partial charge on any atom is -0.413 e. The van der Waals surface area contributed by atoms with E-state index in [-0.39, 0.29) is 29.3 Å². The summed E-state index contributed by atoms with van der Waals surface area (Å²) >= 11 is 0. The normalized spacial score (nSPS) is 19.6. The quantitative estimate of drug-likeness (QED) is 0.255. The summed E-state index contributed by atoms with van der Waals surface area (Å²) in [7, 11) is -5.89. The molecule has 2 rings (SSSR count). The molecule has 0 saturated heterocycles. The number of nitrogens with zero attached hydrogens (tertiary/aromatic N) is 1. The Labute approximate surface area is 204 Å². The van der Waals surface area contributed by atoms with Gasteiger partial charge in [0.25, 0.3) is 5.69 Å². The Morgan fingerprint density at radius 2 is 1.53 bits per heavy atom. The zero-order valence-electron chi connectivity index (χ0n) is 21.0. The Morgan fingerprint density at radius 3 is 1.97 bits per heavy atom. The number of nitro benzene ring substituents is 1. The maximum absolute atomic E-state index is 12.4. The highest BCUT2D eigenvalue weighted by molar-refractivity contribution is 7.89. The topological polar surface area (TPSA) is 128 Å². The van der Waals surface area contributed by atoms with Gasteiger partial charge in [0.05, 0.1) is 16.4 Å². The lowest BCUT2D eigenvalue weighted by Gasteiger charge is -2.46. The predicted molar refractivity (Wildman–Crippen MR) is 135 cm³/mol. The molecule has 11 heteroatoms. The summed E-state index contributed by atoms with van der Waals surface area (Å²) in [6.07, 6.45) is 3.54. The molecule has 0 aliphatic heterocycles. The molecule has 1 aliphatic rings. The third kappa shape index (κ3) is 6.86. The minimum absolute atomic E-state index is 0.00977. The van der Waals surface area contributed by atoms with Crippen molar-refractivity contribution in [2.45, 2.75) is 101 Å². The SMILES string of the molecule is CC(C)[Si](O[C@H]1CC[C@H](NC(=O)CNS(=O)(=O)c2ccc([N+](=O)[O-])cc2)CC1)(C(C)C)C(C)C. The van der Waals surface area contributed by atoms with E-state index >= 15 is 0 Å². The van der Waals surface area contributed by atoms with E-state index in [1.54, 1.807) is 0 Å². The van der Waals surface area contributed by atoms with Crippen molar-refractivity contribution in [3.8, 4) is 0 Å². The largest absolute Gasteiger partial charge is 0.413 e. The van der Waals surface area contributed by atoms with E-state index in [0.717, 1.165) is 49.9 Å². The highest BCUT2D eigenvalue weighted by atomic mass is 32.2. The molecular formula is C23H39N3O6SSi. The van der Waals surface area contributed by atoms with Crippen LogP contribution in [0.15, 0.2) is 29.2 Å². The van der Waals surface area contributed by atoms with Gasteiger partial charge in [-0.1, -0.05) is 41.5 Å². The molecule has 1 aliphatic carbocycles. The number of rotatable bonds is 11. The van der Waals surface area contributed by atoms with Gasteiger partial charge in [-0.2, -0.15) is 0 Å². The van der Waals surface area contributed by atoms with Crippen LogP contribution >= 0.6 is 0 Å². The molecule has 34 heavy (non-hydrogen) atoms. The molecule has 1 saturated carbocycles. The average Bonchev–Trinajstić information content (AvgIpc) is 2.76. The maximum atomic E-state index is 12.4. The van der Waals surface area contributed by atoms with Crippen molar-refractivity contribution in [1.82, 2.24) is 10.0 Å². The van der Waals surface area contributed by atoms with Crippen LogP contribution in [-0.2, 0) is 19.2 Å². The van der Waals surface area contributed by atoms with Crippen LogP contribution in [0.1, 0.15) is 67.2 Å². The van der Waals surface area contributed by atoms with Gasteiger partial charge in [0, 0.05) is 24.3 Å². The molecule has 0 spiro atoms. The van der Waals surface area contributed by atoms with Gasteiger partial charge in [0.2, 0.25) is 24.2 Å². The molecule has 1 aromatic carbocycles. The smallest absolute Gasteiger partial charge is 0.269 e. The van der Waals surface area contributed by atoms with Gasteiger partial charge >= 0.3 is 0 Å². The average molecular weight is 514 g/mol. The first kappa shape index (κ1) is 28.4. The number of benzene rings is 1. The lowest BCUT2D eigenvalue weighted by Crippen LogP contribution is -2.51. The van der Waals surface area contributed by atoms with Crippen molar-refractivity contribution >= 4 is 29.9 Å². The number of carbonyl (C=O) groups excluding carboxylic acids is 1. The number of hydrogen-bond donors (Lipinski definition) is 2. The van der Waals surface area contributed by atoms with Gasteiger partial charge in [0.15, 0.2) is 0 Å². The fourth-order valence-corrected chi connectivity index (χ4v) is 11.9. The zero-order valence-corrected chi connectivity index (χ0v) is 22.9. The summed E-state index contributed by atoms with van der Waals surface area (Å²) in [6, 6.07) is 4.52. The van der Waals surface area contributed by atoms with Crippen molar-refractivity contribution in [3.05, 3.63) is 34.4 Å². The van der Waals surface area contributed by atoms with Gasteiger partial charge < -0.3 is 9.74 Å². The first-order valence-corrected chi connectivity index (χ1v) is 15.6. The molecule has 0 heterocycles. The Bertz CT molecular complexity index is 920. The molecule has 0 atom stereocenters. The molecule has 0 unspecified atom stereocenters. The highest BCUT2D eigenvalue weighted by Crippen LogP contribution is 2.44. The minimum atomic E-state index is -3.94. The summed E-state index contributed by atoms with van der Waals surface area (Å²) in [5, 5.41) is 13.6. The van der Waals surface area contributed by atoms with Gasteiger partial charge in [0.1, 0.15) is 0 Å². The first-order chi connectivity index (χ1) is 15.8. The summed E-state index contributed by atoms with van der Waals surface area (Å²) in [5.41, 5.74) is 1.36. The van der Waals surface area contributed by atoms with Crippen molar-refractivity contribution in [2.75, 3.05) is 6.54 Å². The Kier molecular flexibility index (Phi) is 9.81. The van der Waals surface area contributed by atoms with Crippen LogP contribution in [0.4, 0.5) is 5.69 Å². The van der Waals surface area contributed by atoms with E-state index in [1.165, 1.54) is 0 Å². The molecule has 192 valence electrons. The van der Waals surface area contributed by atoms with E-state index in [9.17, 15) is 23.3 Å². The molecule has 1 aromatic rings. The standard InChI is InChI=1S/C23H39N3O6SSi/c1-16(2)34(17(3)4,18(5)6)32-21-11-7-19(8-12-21)25-23(27)15-24-33(30,31)22-13-9-20(10-14-22)26(28)29/h9-10,13-14,16-19,21,24H,7-8,11-12,15H2,1-6H3,(H,25,27)/t19-,21-. The molecule has 0 bridgehead atoms. The molecule has 0 aromatic heterocycles. The highest BCUT2D eigenvalue weighted by Gasteiger charge is 2.46. The van der Waals surface area contributed by atoms with Gasteiger partial charge in [-0.25, -0.2) is 13.1 Å². The second-order valence-corrected chi connectivity index (χ2v) is 17.2. The number of carbonyl (C=O) groups is 1. The van der Waals surface area contributed by atoms with E-state index in [2.05, 4.69) is 51.6 Å². The summed E-state index contributed by atoms with van der Waals surface area (Å²) in [6.45, 7) is 13.3. The van der Waals surface area contributed by atoms with Crippen molar-refractivity contribution in [3.63, 3.8) is 0 Å². The van der Waals surface area contributed by atoms with E-state index in [1.807, 2.05) is 0 Å². The summed E-state index contributed by atoms with van der Waals surface area (Å²) in [5.74, 6) is -0.398. The number of non-ortho nitro benzene ring substituents is 1. The second-order valence-electron chi connectivity index (χ2n) is 10.1. The monoisotopic (exact) mass is 513 g/mol. The van der Waals surface area contributed by atoms with Crippen molar-refractivity contribution < 1.29 is 22.6 Å². The Balaban J connectivity index is 1.86. The van der Waals surface area contributed by atoms with Crippen LogP contribution in [0.2, 0.25) is 16.6 Å². The molecule has 9 nitrogen and oxygen atoms in total. The summed E-state index contributed by atoms with van der Waals surface area (Å²) in [4.78, 5) is 22.4. The molecular weight excluding hydrogens is 474 g/mol. The van der Waals surface area contributed by atoms with Crippen LogP contribution in [-0.4, -0.2) is 46.3 Å². The lowest BCUT2D eigenvalue weighted by molar-refractivity contribution is -0.384. The molecule has 1 fully saturated rings. The van der Waals surface area contributed by atoms with Crippen LogP contribution in [0.5, 0.6) is 0 Å². The van der Waals surface area contributed by atoms with Crippen LogP contribution < -0.4 is 10.0 Å². The Hall–Kier alpha value is -1.82. The van der Waals surface area contributed by atoms with Crippen molar-refractivity contribution in [2.24, 2.45) is 0 Å². The van der Waals surface area contributed by atoms with Crippen molar-refractivity contribution in [1.29, 1.82) is 0 Å². The Morgan fingerprint density at radius 1 is 1.03 bits per heavy atom. The number of nitro groups is 1. The number of sulfonamides is 1. The molecule has 0 radical (unpaired) electrons. The predicted octanol–water partition coefficient (Wildman–Crippen LogP) is 4.49. The number of amides is 1. The van der Waals surface area contributed by atoms with Crippen LogP contribution in [0.25, 0.3) is 0 Å². The molecule has 2 N–H and O–H groups in total. The van der Waals surface area contributed by atoms with Gasteiger partial charge in [-0.05, 0) is 54.4 Å². The second kappa shape index (κ2) is 11.7. The van der Waals surface area contributed by atoms with E-state index in [0.29, 0.717) is 16.6 Å². The van der Waals surface area contributed by atoms with E-state index < -0.39 is 29.2 Å². The maximum Gasteiger partial charge on any atom is 0.269 e. The third-order valence-corrected chi connectivity index (χ3v) is 14.5. The third-order valence-electron chi connectivity index (χ3n) is 6.90. The van der Waals surface area contributed by atoms with Gasteiger partial charge in [-0.3, -0.25) is 14.9 Å². The van der Waals surface area contributed by atoms with Crippen LogP contribution in [0.3, 0.4) is 0 Å². The van der Waals surface area contributed by atoms with Gasteiger partial charge in [-0.15, -0.1) is 0 Å². The molecule has 1 amide bonds. The first-order valence-electron chi connectivity index (χ1n) is 12.0.